The summed E-state index contributed by atoms with van der Waals surface area (Å²) in [5.74, 6) is 0. The van der Waals surface area contributed by atoms with Gasteiger partial charge in [0.15, 0.2) is 0 Å². The third-order valence-electron chi connectivity index (χ3n) is 4.04. The number of nitrogens with zero attached hydrogens (tertiary/aromatic N) is 2. The van der Waals surface area contributed by atoms with Gasteiger partial charge in [-0.3, -0.25) is 5.43 Å². The number of aryl methyl sites for hydroxylation is 2. The topological polar surface area (TPSA) is 59.6 Å². The average Bonchev–Trinajstić information content (AvgIpc) is 2.96. The Morgan fingerprint density at radius 1 is 1.21 bits per heavy atom. The Balaban J connectivity index is 1.96. The lowest BCUT2D eigenvalue weighted by Gasteiger charge is -2.27. The molecule has 24 heavy (non-hydrogen) atoms. The third kappa shape index (κ3) is 3.17. The molecule has 1 saturated heterocycles. The molecule has 1 fully saturated rings. The number of benzene rings is 2. The first-order valence-electron chi connectivity index (χ1n) is 7.64. The van der Waals surface area contributed by atoms with Crippen molar-refractivity contribution in [3.05, 3.63) is 58.1 Å². The highest BCUT2D eigenvalue weighted by Crippen LogP contribution is 2.36. The van der Waals surface area contributed by atoms with Crippen molar-refractivity contribution in [2.24, 2.45) is 0 Å². The van der Waals surface area contributed by atoms with Crippen LogP contribution in [0.2, 0.25) is 5.02 Å². The molecule has 0 aliphatic carbocycles. The van der Waals surface area contributed by atoms with Gasteiger partial charge < -0.3 is 4.90 Å². The van der Waals surface area contributed by atoms with Gasteiger partial charge in [-0.1, -0.05) is 41.4 Å². The molecular formula is C17H20ClN5O. The molecule has 0 saturated carbocycles. The number of urea groups is 1. The number of carbonyl (C=O) groups is 1. The van der Waals surface area contributed by atoms with Crippen LogP contribution in [-0.2, 0) is 6.54 Å². The number of hydrazine groups is 3. The molecule has 6 nitrogen and oxygen atoms in total. The molecule has 0 atom stereocenters. The molecule has 1 aliphatic heterocycles. The minimum atomic E-state index is -0.293. The largest absolute Gasteiger partial charge is 0.367 e. The second-order valence-electron chi connectivity index (χ2n) is 5.90. The lowest BCUT2D eigenvalue weighted by Crippen LogP contribution is -2.38. The molecule has 7 heteroatoms. The summed E-state index contributed by atoms with van der Waals surface area (Å²) in [5.41, 5.74) is 13.0. The van der Waals surface area contributed by atoms with E-state index in [-0.39, 0.29) is 6.03 Å². The third-order valence-corrected chi connectivity index (χ3v) is 4.35. The summed E-state index contributed by atoms with van der Waals surface area (Å²) in [7, 11) is 1.97. The van der Waals surface area contributed by atoms with Gasteiger partial charge in [-0.05, 0) is 37.1 Å². The van der Waals surface area contributed by atoms with Crippen molar-refractivity contribution in [3.63, 3.8) is 0 Å². The molecule has 3 rings (SSSR count). The number of hydrogen-bond acceptors (Lipinski definition) is 4. The Kier molecular flexibility index (Phi) is 4.62. The van der Waals surface area contributed by atoms with Crippen molar-refractivity contribution >= 4 is 29.0 Å². The van der Waals surface area contributed by atoms with Crippen molar-refractivity contribution in [1.82, 2.24) is 16.5 Å². The van der Waals surface area contributed by atoms with E-state index in [2.05, 4.69) is 48.5 Å². The number of anilines is 2. The van der Waals surface area contributed by atoms with Crippen LogP contribution in [0.5, 0.6) is 0 Å². The molecule has 1 aliphatic rings. The number of hydrogen-bond donors (Lipinski definition) is 3. The lowest BCUT2D eigenvalue weighted by atomic mass is 10.0. The van der Waals surface area contributed by atoms with Gasteiger partial charge in [0.25, 0.3) is 0 Å². The molecule has 0 bridgehead atoms. The van der Waals surface area contributed by atoms with Crippen molar-refractivity contribution in [1.29, 1.82) is 0 Å². The van der Waals surface area contributed by atoms with Crippen LogP contribution in [0.25, 0.3) is 0 Å². The van der Waals surface area contributed by atoms with Crippen LogP contribution in [0.15, 0.2) is 36.4 Å². The summed E-state index contributed by atoms with van der Waals surface area (Å²) >= 11 is 6.44. The normalized spacial score (nSPS) is 14.0. The van der Waals surface area contributed by atoms with Crippen LogP contribution < -0.4 is 26.4 Å². The van der Waals surface area contributed by atoms with E-state index in [1.807, 2.05) is 30.1 Å². The van der Waals surface area contributed by atoms with E-state index in [1.165, 1.54) is 21.7 Å². The predicted molar refractivity (Wildman–Crippen MR) is 96.8 cm³/mol. The van der Waals surface area contributed by atoms with E-state index in [9.17, 15) is 4.79 Å². The maximum Gasteiger partial charge on any atom is 0.353 e. The standard InChI is InChI=1S/C17H20ClN5O/c1-11-7-8-12(2)13(9-11)10-22(3)16-14(18)5-4-6-15(16)23-17(24)19-20-21-23/h4-9,20-21H,10H2,1-3H3,(H,19,24). The zero-order valence-corrected chi connectivity index (χ0v) is 14.6. The minimum Gasteiger partial charge on any atom is -0.367 e. The maximum absolute atomic E-state index is 11.9. The SMILES string of the molecule is Cc1ccc(C)c(CN(C)c2c(Cl)cccc2N2NNNC2=O)c1. The van der Waals surface area contributed by atoms with Crippen molar-refractivity contribution in [2.75, 3.05) is 17.0 Å². The smallest absolute Gasteiger partial charge is 0.353 e. The Hall–Kier alpha value is -2.28. The second-order valence-corrected chi connectivity index (χ2v) is 6.30. The fourth-order valence-corrected chi connectivity index (χ4v) is 3.09. The van der Waals surface area contributed by atoms with Gasteiger partial charge >= 0.3 is 6.03 Å². The number of nitrogens with one attached hydrogen (secondary N) is 3. The van der Waals surface area contributed by atoms with Gasteiger partial charge in [-0.2, -0.15) is 0 Å². The molecule has 0 aromatic heterocycles. The van der Waals surface area contributed by atoms with Crippen molar-refractivity contribution in [2.45, 2.75) is 20.4 Å². The molecule has 126 valence electrons. The number of amides is 2. The first-order valence-corrected chi connectivity index (χ1v) is 8.01. The Bertz CT molecular complexity index is 780. The summed E-state index contributed by atoms with van der Waals surface area (Å²) in [4.78, 5) is 14.0. The number of carbonyl (C=O) groups excluding carboxylic acids is 1. The highest BCUT2D eigenvalue weighted by Gasteiger charge is 2.26. The van der Waals surface area contributed by atoms with E-state index in [4.69, 9.17) is 11.6 Å². The van der Waals surface area contributed by atoms with E-state index >= 15 is 0 Å². The van der Waals surface area contributed by atoms with Gasteiger partial charge in [-0.15, -0.1) is 11.1 Å². The maximum atomic E-state index is 11.9. The quantitative estimate of drug-likeness (QED) is 0.797. The molecule has 2 amide bonds. The fraction of sp³-hybridized carbons (Fsp3) is 0.235. The molecule has 1 heterocycles. The highest BCUT2D eigenvalue weighted by atomic mass is 35.5. The van der Waals surface area contributed by atoms with Gasteiger partial charge in [0, 0.05) is 13.6 Å². The zero-order valence-electron chi connectivity index (χ0n) is 13.9. The number of halogens is 1. The second kappa shape index (κ2) is 6.68. The van der Waals surface area contributed by atoms with Gasteiger partial charge in [0.2, 0.25) is 0 Å². The van der Waals surface area contributed by atoms with Crippen LogP contribution in [0.4, 0.5) is 16.2 Å². The van der Waals surface area contributed by atoms with Crippen LogP contribution in [0.1, 0.15) is 16.7 Å². The van der Waals surface area contributed by atoms with Crippen LogP contribution in [-0.4, -0.2) is 13.1 Å². The first kappa shape index (κ1) is 16.6. The van der Waals surface area contributed by atoms with Gasteiger partial charge in [0.05, 0.1) is 16.4 Å². The molecule has 0 spiro atoms. The van der Waals surface area contributed by atoms with Gasteiger partial charge in [-0.25, -0.2) is 9.80 Å². The first-order chi connectivity index (χ1) is 11.5. The van der Waals surface area contributed by atoms with E-state index in [0.29, 0.717) is 17.3 Å². The molecular weight excluding hydrogens is 326 g/mol. The number of para-hydroxylation sites is 1. The summed E-state index contributed by atoms with van der Waals surface area (Å²) in [6.07, 6.45) is 0. The van der Waals surface area contributed by atoms with Crippen LogP contribution >= 0.6 is 11.6 Å². The molecule has 0 radical (unpaired) electrons. The van der Waals surface area contributed by atoms with Crippen molar-refractivity contribution < 1.29 is 4.79 Å². The molecule has 3 N–H and O–H groups in total. The lowest BCUT2D eigenvalue weighted by molar-refractivity contribution is 0.250. The fourth-order valence-electron chi connectivity index (χ4n) is 2.78. The Morgan fingerprint density at radius 3 is 2.71 bits per heavy atom. The monoisotopic (exact) mass is 345 g/mol. The summed E-state index contributed by atoms with van der Waals surface area (Å²) < 4.78 is 0. The minimum absolute atomic E-state index is 0.293. The van der Waals surface area contributed by atoms with Crippen LogP contribution in [0, 0.1) is 13.8 Å². The molecule has 0 unspecified atom stereocenters. The van der Waals surface area contributed by atoms with Crippen LogP contribution in [0.3, 0.4) is 0 Å². The van der Waals surface area contributed by atoms with E-state index in [1.54, 1.807) is 0 Å². The Labute approximate surface area is 146 Å². The van der Waals surface area contributed by atoms with Gasteiger partial charge in [0.1, 0.15) is 0 Å². The highest BCUT2D eigenvalue weighted by molar-refractivity contribution is 6.34. The molecule has 2 aromatic carbocycles. The summed E-state index contributed by atoms with van der Waals surface area (Å²) in [5, 5.41) is 1.97. The average molecular weight is 346 g/mol. The van der Waals surface area contributed by atoms with E-state index in [0.717, 1.165) is 5.69 Å². The van der Waals surface area contributed by atoms with Crippen molar-refractivity contribution in [3.8, 4) is 0 Å². The summed E-state index contributed by atoms with van der Waals surface area (Å²) in [6.45, 7) is 4.86. The zero-order chi connectivity index (χ0) is 17.3. The van der Waals surface area contributed by atoms with E-state index < -0.39 is 0 Å². The Morgan fingerprint density at radius 2 is 2.00 bits per heavy atom. The predicted octanol–water partition coefficient (Wildman–Crippen LogP) is 3.05. The molecule has 2 aromatic rings. The number of rotatable bonds is 4. The summed E-state index contributed by atoms with van der Waals surface area (Å²) in [6, 6.07) is 11.6.